The standard InChI is InChI=1S/C19H28N2O3/c1-6-14-7-8-16(13-17(14)23-5)20-15-9-11-21(12-10-15)18(22)24-19(2,3)4/h6-8,13,15,20H,1,9-12H2,2-5H3. The van der Waals surface area contributed by atoms with Crippen LogP contribution < -0.4 is 10.1 Å². The van der Waals surface area contributed by atoms with E-state index in [9.17, 15) is 4.79 Å². The van der Waals surface area contributed by atoms with Crippen LogP contribution in [0, 0.1) is 0 Å². The maximum atomic E-state index is 12.1. The molecule has 1 heterocycles. The van der Waals surface area contributed by atoms with Crippen LogP contribution in [-0.2, 0) is 4.74 Å². The van der Waals surface area contributed by atoms with E-state index in [0.717, 1.165) is 29.8 Å². The topological polar surface area (TPSA) is 50.8 Å². The van der Waals surface area contributed by atoms with Crippen LogP contribution in [0.5, 0.6) is 5.75 Å². The highest BCUT2D eigenvalue weighted by Gasteiger charge is 2.26. The van der Waals surface area contributed by atoms with Crippen molar-refractivity contribution in [2.75, 3.05) is 25.5 Å². The summed E-state index contributed by atoms with van der Waals surface area (Å²) < 4.78 is 10.8. The molecule has 1 amide bonds. The van der Waals surface area contributed by atoms with Gasteiger partial charge in [0.15, 0.2) is 0 Å². The highest BCUT2D eigenvalue weighted by molar-refractivity contribution is 5.68. The second-order valence-electron chi connectivity index (χ2n) is 7.05. The monoisotopic (exact) mass is 332 g/mol. The Labute approximate surface area is 144 Å². The van der Waals surface area contributed by atoms with E-state index in [0.29, 0.717) is 19.1 Å². The molecule has 1 N–H and O–H groups in total. The zero-order valence-corrected chi connectivity index (χ0v) is 15.1. The van der Waals surface area contributed by atoms with E-state index in [2.05, 4.69) is 11.9 Å². The molecule has 1 fully saturated rings. The lowest BCUT2D eigenvalue weighted by molar-refractivity contribution is 0.0210. The summed E-state index contributed by atoms with van der Waals surface area (Å²) >= 11 is 0. The zero-order chi connectivity index (χ0) is 17.7. The molecular formula is C19H28N2O3. The fraction of sp³-hybridized carbons (Fsp3) is 0.526. The Balaban J connectivity index is 1.89. The van der Waals surface area contributed by atoms with Crippen LogP contribution in [0.25, 0.3) is 6.08 Å². The average Bonchev–Trinajstić information content (AvgIpc) is 2.53. The summed E-state index contributed by atoms with van der Waals surface area (Å²) in [5.74, 6) is 0.807. The fourth-order valence-electron chi connectivity index (χ4n) is 2.74. The average molecular weight is 332 g/mol. The van der Waals surface area contributed by atoms with Crippen LogP contribution in [-0.4, -0.2) is 42.8 Å². The number of rotatable bonds is 4. The van der Waals surface area contributed by atoms with Crippen molar-refractivity contribution in [1.82, 2.24) is 4.90 Å². The molecule has 132 valence electrons. The highest BCUT2D eigenvalue weighted by atomic mass is 16.6. The molecule has 0 saturated carbocycles. The minimum Gasteiger partial charge on any atom is -0.496 e. The van der Waals surface area contributed by atoms with Gasteiger partial charge in [-0.25, -0.2) is 4.79 Å². The molecule has 1 saturated heterocycles. The van der Waals surface area contributed by atoms with Gasteiger partial charge in [-0.15, -0.1) is 0 Å². The predicted molar refractivity (Wildman–Crippen MR) is 97.5 cm³/mol. The number of ether oxygens (including phenoxy) is 2. The third kappa shape index (κ3) is 4.91. The van der Waals surface area contributed by atoms with Crippen molar-refractivity contribution >= 4 is 17.9 Å². The highest BCUT2D eigenvalue weighted by Crippen LogP contribution is 2.26. The second-order valence-corrected chi connectivity index (χ2v) is 7.05. The molecule has 1 aliphatic rings. The third-order valence-corrected chi connectivity index (χ3v) is 3.97. The minimum absolute atomic E-state index is 0.224. The SMILES string of the molecule is C=Cc1ccc(NC2CCN(C(=O)OC(C)(C)C)CC2)cc1OC. The zero-order valence-electron chi connectivity index (χ0n) is 15.1. The molecule has 0 radical (unpaired) electrons. The third-order valence-electron chi connectivity index (χ3n) is 3.97. The first-order valence-corrected chi connectivity index (χ1v) is 8.37. The molecule has 0 aliphatic carbocycles. The Bertz CT molecular complexity index is 585. The van der Waals surface area contributed by atoms with Crippen LogP contribution in [0.15, 0.2) is 24.8 Å². The van der Waals surface area contributed by atoms with Gasteiger partial charge in [0, 0.05) is 36.4 Å². The second kappa shape index (κ2) is 7.60. The van der Waals surface area contributed by atoms with E-state index in [1.807, 2.05) is 39.0 Å². The number of anilines is 1. The largest absolute Gasteiger partial charge is 0.496 e. The number of carbonyl (C=O) groups is 1. The number of methoxy groups -OCH3 is 1. The summed E-state index contributed by atoms with van der Waals surface area (Å²) in [6.45, 7) is 10.9. The molecule has 1 aliphatic heterocycles. The molecule has 1 aromatic rings. The van der Waals surface area contributed by atoms with E-state index >= 15 is 0 Å². The number of hydrogen-bond donors (Lipinski definition) is 1. The van der Waals surface area contributed by atoms with Gasteiger partial charge < -0.3 is 19.7 Å². The number of amides is 1. The Morgan fingerprint density at radius 2 is 2.00 bits per heavy atom. The number of hydrogen-bond acceptors (Lipinski definition) is 4. The smallest absolute Gasteiger partial charge is 0.410 e. The fourth-order valence-corrected chi connectivity index (χ4v) is 2.74. The molecule has 0 aromatic heterocycles. The Morgan fingerprint density at radius 1 is 1.33 bits per heavy atom. The summed E-state index contributed by atoms with van der Waals surface area (Å²) in [5.41, 5.74) is 1.55. The number of nitrogens with zero attached hydrogens (tertiary/aromatic N) is 1. The molecular weight excluding hydrogens is 304 g/mol. The van der Waals surface area contributed by atoms with E-state index in [1.165, 1.54) is 0 Å². The normalized spacial score (nSPS) is 15.8. The van der Waals surface area contributed by atoms with Gasteiger partial charge in [-0.2, -0.15) is 0 Å². The Morgan fingerprint density at radius 3 is 2.54 bits per heavy atom. The van der Waals surface area contributed by atoms with Crippen LogP contribution in [0.2, 0.25) is 0 Å². The molecule has 5 heteroatoms. The van der Waals surface area contributed by atoms with Gasteiger partial charge in [0.25, 0.3) is 0 Å². The maximum absolute atomic E-state index is 12.1. The van der Waals surface area contributed by atoms with E-state index in [4.69, 9.17) is 9.47 Å². The first kappa shape index (κ1) is 18.2. The Hall–Kier alpha value is -2.17. The van der Waals surface area contributed by atoms with Crippen molar-refractivity contribution in [3.63, 3.8) is 0 Å². The van der Waals surface area contributed by atoms with Gasteiger partial charge in [-0.05, 0) is 45.7 Å². The lowest BCUT2D eigenvalue weighted by Gasteiger charge is -2.34. The van der Waals surface area contributed by atoms with Crippen molar-refractivity contribution in [1.29, 1.82) is 0 Å². The van der Waals surface area contributed by atoms with Gasteiger partial charge in [-0.3, -0.25) is 0 Å². The van der Waals surface area contributed by atoms with Crippen molar-refractivity contribution in [3.05, 3.63) is 30.3 Å². The van der Waals surface area contributed by atoms with Crippen molar-refractivity contribution in [2.45, 2.75) is 45.3 Å². The van der Waals surface area contributed by atoms with Crippen molar-refractivity contribution in [3.8, 4) is 5.75 Å². The van der Waals surface area contributed by atoms with Crippen LogP contribution in [0.4, 0.5) is 10.5 Å². The number of piperidine rings is 1. The lowest BCUT2D eigenvalue weighted by Crippen LogP contribution is -2.44. The van der Waals surface area contributed by atoms with Crippen LogP contribution in [0.3, 0.4) is 0 Å². The first-order chi connectivity index (χ1) is 11.3. The lowest BCUT2D eigenvalue weighted by atomic mass is 10.0. The maximum Gasteiger partial charge on any atom is 0.410 e. The quantitative estimate of drug-likeness (QED) is 0.900. The van der Waals surface area contributed by atoms with Gasteiger partial charge in [0.1, 0.15) is 11.4 Å². The first-order valence-electron chi connectivity index (χ1n) is 8.37. The molecule has 5 nitrogen and oxygen atoms in total. The number of benzene rings is 1. The molecule has 1 aromatic carbocycles. The van der Waals surface area contributed by atoms with Crippen molar-refractivity contribution < 1.29 is 14.3 Å². The summed E-state index contributed by atoms with van der Waals surface area (Å²) in [4.78, 5) is 13.9. The number of carbonyl (C=O) groups excluding carboxylic acids is 1. The molecule has 0 atom stereocenters. The summed E-state index contributed by atoms with van der Waals surface area (Å²) in [6, 6.07) is 6.34. The summed E-state index contributed by atoms with van der Waals surface area (Å²) in [5, 5.41) is 3.52. The van der Waals surface area contributed by atoms with Gasteiger partial charge >= 0.3 is 6.09 Å². The molecule has 24 heavy (non-hydrogen) atoms. The molecule has 0 spiro atoms. The van der Waals surface area contributed by atoms with Gasteiger partial charge in [-0.1, -0.05) is 12.7 Å². The molecule has 2 rings (SSSR count). The number of likely N-dealkylation sites (tertiary alicyclic amines) is 1. The Kier molecular flexibility index (Phi) is 5.75. The van der Waals surface area contributed by atoms with Crippen molar-refractivity contribution in [2.24, 2.45) is 0 Å². The van der Waals surface area contributed by atoms with E-state index < -0.39 is 5.60 Å². The van der Waals surface area contributed by atoms with E-state index in [-0.39, 0.29) is 6.09 Å². The minimum atomic E-state index is -0.449. The van der Waals surface area contributed by atoms with Gasteiger partial charge in [0.2, 0.25) is 0 Å². The molecule has 0 bridgehead atoms. The predicted octanol–water partition coefficient (Wildman–Crippen LogP) is 4.15. The summed E-state index contributed by atoms with van der Waals surface area (Å²) in [6.07, 6.45) is 3.34. The van der Waals surface area contributed by atoms with E-state index in [1.54, 1.807) is 18.1 Å². The summed E-state index contributed by atoms with van der Waals surface area (Å²) in [7, 11) is 1.66. The van der Waals surface area contributed by atoms with Gasteiger partial charge in [0.05, 0.1) is 7.11 Å². The molecule has 0 unspecified atom stereocenters. The number of nitrogens with one attached hydrogen (secondary N) is 1. The van der Waals surface area contributed by atoms with Crippen LogP contribution in [0.1, 0.15) is 39.2 Å². The van der Waals surface area contributed by atoms with Crippen LogP contribution >= 0.6 is 0 Å².